The molecule has 0 bridgehead atoms. The number of carbonyl (C=O) groups is 1. The first-order valence-electron chi connectivity index (χ1n) is 8.70. The Morgan fingerprint density at radius 2 is 2.28 bits per heavy atom. The van der Waals surface area contributed by atoms with Gasteiger partial charge in [0, 0.05) is 37.6 Å². The highest BCUT2D eigenvalue weighted by Crippen LogP contribution is 2.25. The lowest BCUT2D eigenvalue weighted by molar-refractivity contribution is -0.133. The van der Waals surface area contributed by atoms with Gasteiger partial charge in [-0.1, -0.05) is 12.1 Å². The number of pyridine rings is 1. The highest BCUT2D eigenvalue weighted by atomic mass is 32.1. The summed E-state index contributed by atoms with van der Waals surface area (Å²) in [5, 5.41) is 13.0. The van der Waals surface area contributed by atoms with Crippen LogP contribution in [0.3, 0.4) is 0 Å². The quantitative estimate of drug-likeness (QED) is 0.861. The van der Waals surface area contributed by atoms with Gasteiger partial charge in [0.1, 0.15) is 5.82 Å². The number of nitrogens with zero attached hydrogens (tertiary/aromatic N) is 3. The number of β-amino-alcohol motifs (C(OH)–C–C–N with tert-alkyl or cyclic N) is 1. The van der Waals surface area contributed by atoms with Crippen LogP contribution >= 0.6 is 11.3 Å². The van der Waals surface area contributed by atoms with Crippen molar-refractivity contribution < 1.29 is 9.90 Å². The van der Waals surface area contributed by atoms with Gasteiger partial charge < -0.3 is 14.9 Å². The number of carbonyl (C=O) groups excluding carboxylic acids is 1. The van der Waals surface area contributed by atoms with Gasteiger partial charge in [0.2, 0.25) is 5.91 Å². The maximum atomic E-state index is 12.4. The first-order valence-corrected chi connectivity index (χ1v) is 9.58. The SMILES string of the molecule is CN(C[C@]1(O)CCCN(c2ccccn2)C1)C(=O)CCc1cccs1. The van der Waals surface area contributed by atoms with E-state index in [0.717, 1.165) is 25.2 Å². The summed E-state index contributed by atoms with van der Waals surface area (Å²) in [6, 6.07) is 9.86. The number of rotatable bonds is 6. The molecular weight excluding hydrogens is 334 g/mol. The van der Waals surface area contributed by atoms with E-state index in [1.165, 1.54) is 4.88 Å². The molecule has 0 aromatic carbocycles. The lowest BCUT2D eigenvalue weighted by Gasteiger charge is -2.41. The molecule has 1 aliphatic rings. The summed E-state index contributed by atoms with van der Waals surface area (Å²) in [4.78, 5) is 21.8. The number of aliphatic hydroxyl groups is 1. The minimum atomic E-state index is -0.886. The zero-order valence-electron chi connectivity index (χ0n) is 14.6. The first-order chi connectivity index (χ1) is 12.1. The molecule has 2 aromatic rings. The third-order valence-electron chi connectivity index (χ3n) is 4.65. The Hall–Kier alpha value is -1.92. The number of piperidine rings is 1. The van der Waals surface area contributed by atoms with Crippen LogP contribution < -0.4 is 4.90 Å². The number of hydrogen-bond donors (Lipinski definition) is 1. The molecule has 3 rings (SSSR count). The van der Waals surface area contributed by atoms with Crippen molar-refractivity contribution in [2.75, 3.05) is 31.6 Å². The molecule has 1 amide bonds. The Morgan fingerprint density at radius 3 is 3.00 bits per heavy atom. The van der Waals surface area contributed by atoms with Gasteiger partial charge in [-0.05, 0) is 42.8 Å². The molecule has 2 aromatic heterocycles. The Kier molecular flexibility index (Phi) is 5.71. The van der Waals surface area contributed by atoms with E-state index in [9.17, 15) is 9.90 Å². The monoisotopic (exact) mass is 359 g/mol. The molecule has 3 heterocycles. The Bertz CT molecular complexity index is 677. The van der Waals surface area contributed by atoms with Gasteiger partial charge in [-0.2, -0.15) is 0 Å². The van der Waals surface area contributed by atoms with Crippen molar-refractivity contribution in [3.63, 3.8) is 0 Å². The highest BCUT2D eigenvalue weighted by Gasteiger charge is 2.35. The fraction of sp³-hybridized carbons (Fsp3) is 0.474. The predicted molar refractivity (Wildman–Crippen MR) is 101 cm³/mol. The molecule has 134 valence electrons. The molecule has 0 saturated carbocycles. The minimum Gasteiger partial charge on any atom is -0.386 e. The second-order valence-corrected chi connectivity index (χ2v) is 7.80. The van der Waals surface area contributed by atoms with Crippen LogP contribution in [0.1, 0.15) is 24.1 Å². The van der Waals surface area contributed by atoms with E-state index in [-0.39, 0.29) is 5.91 Å². The first kappa shape index (κ1) is 17.9. The van der Waals surface area contributed by atoms with Crippen LogP contribution in [0.2, 0.25) is 0 Å². The van der Waals surface area contributed by atoms with Crippen molar-refractivity contribution in [1.82, 2.24) is 9.88 Å². The molecule has 1 atom stereocenters. The average Bonchev–Trinajstić information content (AvgIpc) is 3.13. The number of likely N-dealkylation sites (N-methyl/N-ethyl adjacent to an activating group) is 1. The minimum absolute atomic E-state index is 0.0804. The molecule has 1 saturated heterocycles. The van der Waals surface area contributed by atoms with Crippen LogP contribution in [0.5, 0.6) is 0 Å². The molecule has 25 heavy (non-hydrogen) atoms. The molecule has 6 heteroatoms. The van der Waals surface area contributed by atoms with Crippen LogP contribution in [-0.2, 0) is 11.2 Å². The van der Waals surface area contributed by atoms with E-state index in [0.29, 0.717) is 25.9 Å². The summed E-state index contributed by atoms with van der Waals surface area (Å²) in [6.45, 7) is 1.75. The summed E-state index contributed by atoms with van der Waals surface area (Å²) in [5.41, 5.74) is -0.886. The van der Waals surface area contributed by atoms with E-state index < -0.39 is 5.60 Å². The zero-order valence-corrected chi connectivity index (χ0v) is 15.4. The molecule has 0 aliphatic carbocycles. The number of aromatic nitrogens is 1. The molecule has 0 radical (unpaired) electrons. The van der Waals surface area contributed by atoms with E-state index >= 15 is 0 Å². The normalized spacial score (nSPS) is 20.5. The largest absolute Gasteiger partial charge is 0.386 e. The Labute approximate surface area is 152 Å². The predicted octanol–water partition coefficient (Wildman–Crippen LogP) is 2.57. The van der Waals surface area contributed by atoms with Gasteiger partial charge in [0.15, 0.2) is 0 Å². The third kappa shape index (κ3) is 4.80. The van der Waals surface area contributed by atoms with Crippen molar-refractivity contribution in [1.29, 1.82) is 0 Å². The fourth-order valence-electron chi connectivity index (χ4n) is 3.38. The van der Waals surface area contributed by atoms with E-state index in [2.05, 4.69) is 16.0 Å². The van der Waals surface area contributed by atoms with Crippen molar-refractivity contribution >= 4 is 23.1 Å². The smallest absolute Gasteiger partial charge is 0.222 e. The van der Waals surface area contributed by atoms with Gasteiger partial charge in [0.05, 0.1) is 12.1 Å². The van der Waals surface area contributed by atoms with Crippen LogP contribution in [0.4, 0.5) is 5.82 Å². The fourth-order valence-corrected chi connectivity index (χ4v) is 4.09. The molecule has 1 aliphatic heterocycles. The lowest BCUT2D eigenvalue weighted by Crippen LogP contribution is -2.54. The number of aryl methyl sites for hydroxylation is 1. The molecule has 1 N–H and O–H groups in total. The molecule has 1 fully saturated rings. The summed E-state index contributed by atoms with van der Waals surface area (Å²) < 4.78 is 0. The van der Waals surface area contributed by atoms with Crippen LogP contribution in [0.15, 0.2) is 41.9 Å². The third-order valence-corrected chi connectivity index (χ3v) is 5.59. The van der Waals surface area contributed by atoms with E-state index in [4.69, 9.17) is 0 Å². The summed E-state index contributed by atoms with van der Waals surface area (Å²) in [5.74, 6) is 0.962. The van der Waals surface area contributed by atoms with Crippen LogP contribution in [0, 0.1) is 0 Å². The van der Waals surface area contributed by atoms with Crippen LogP contribution in [0.25, 0.3) is 0 Å². The topological polar surface area (TPSA) is 56.7 Å². The Balaban J connectivity index is 1.55. The number of thiophene rings is 1. The maximum absolute atomic E-state index is 12.4. The molecule has 0 unspecified atom stereocenters. The number of hydrogen-bond acceptors (Lipinski definition) is 5. The maximum Gasteiger partial charge on any atom is 0.222 e. The van der Waals surface area contributed by atoms with Crippen molar-refractivity contribution in [2.24, 2.45) is 0 Å². The van der Waals surface area contributed by atoms with E-state index in [1.807, 2.05) is 29.6 Å². The number of anilines is 1. The average molecular weight is 359 g/mol. The summed E-state index contributed by atoms with van der Waals surface area (Å²) in [7, 11) is 1.79. The second kappa shape index (κ2) is 7.97. The molecule has 5 nitrogen and oxygen atoms in total. The summed E-state index contributed by atoms with van der Waals surface area (Å²) >= 11 is 1.68. The Morgan fingerprint density at radius 1 is 1.40 bits per heavy atom. The van der Waals surface area contributed by atoms with Crippen LogP contribution in [-0.4, -0.2) is 53.2 Å². The van der Waals surface area contributed by atoms with Gasteiger partial charge in [-0.3, -0.25) is 4.79 Å². The molecule has 0 spiro atoms. The summed E-state index contributed by atoms with van der Waals surface area (Å²) in [6.07, 6.45) is 4.61. The van der Waals surface area contributed by atoms with E-state index in [1.54, 1.807) is 29.5 Å². The van der Waals surface area contributed by atoms with Gasteiger partial charge in [-0.15, -0.1) is 11.3 Å². The van der Waals surface area contributed by atoms with Crippen molar-refractivity contribution in [2.45, 2.75) is 31.3 Å². The van der Waals surface area contributed by atoms with Crippen molar-refractivity contribution in [3.8, 4) is 0 Å². The standard InChI is InChI=1S/C19H25N3O2S/c1-21(18(23)9-8-16-6-4-13-25-16)14-19(24)10-5-12-22(15-19)17-7-2-3-11-20-17/h2-4,6-7,11,13,24H,5,8-10,12,14-15H2,1H3/t19-/m1/s1. The van der Waals surface area contributed by atoms with Gasteiger partial charge in [0.25, 0.3) is 0 Å². The van der Waals surface area contributed by atoms with Gasteiger partial charge >= 0.3 is 0 Å². The van der Waals surface area contributed by atoms with Gasteiger partial charge in [-0.25, -0.2) is 4.98 Å². The zero-order chi connectivity index (χ0) is 17.7. The number of amides is 1. The lowest BCUT2D eigenvalue weighted by atomic mass is 9.92. The highest BCUT2D eigenvalue weighted by molar-refractivity contribution is 7.09. The second-order valence-electron chi connectivity index (χ2n) is 6.77. The molecular formula is C19H25N3O2S. The van der Waals surface area contributed by atoms with Crippen molar-refractivity contribution in [3.05, 3.63) is 46.8 Å².